The highest BCUT2D eigenvalue weighted by Crippen LogP contribution is 2.39. The number of nitrogens with two attached hydrogens (primary N) is 4. The molecule has 4 rings (SSSR count). The topological polar surface area (TPSA) is 424 Å². The lowest BCUT2D eigenvalue weighted by atomic mass is 10.00. The molecule has 0 aliphatic carbocycles. The Morgan fingerprint density at radius 2 is 1.39 bits per heavy atom. The highest BCUT2D eigenvalue weighted by Gasteiger charge is 2.49. The Morgan fingerprint density at radius 1 is 0.776 bits per heavy atom. The maximum absolute atomic E-state index is 14.3. The van der Waals surface area contributed by atoms with Gasteiger partial charge in [-0.2, -0.15) is 11.8 Å². The van der Waals surface area contributed by atoms with Gasteiger partial charge in [0, 0.05) is 53.0 Å². The Kier molecular flexibility index (Phi) is 23.1. The molecule has 8 atom stereocenters. The average molecular weight is 1100 g/mol. The molecule has 26 nitrogen and oxygen atoms in total. The smallest absolute Gasteiger partial charge is 0.246 e. The number of benzene rings is 1. The summed E-state index contributed by atoms with van der Waals surface area (Å²) in [4.78, 5) is 157. The molecule has 1 unspecified atom stereocenters. The molecule has 76 heavy (non-hydrogen) atoms. The summed E-state index contributed by atoms with van der Waals surface area (Å²) in [6.45, 7) is 7.88. The fraction of sp³-hybridized carbons (Fsp3) is 0.542. The van der Waals surface area contributed by atoms with Gasteiger partial charge in [0.15, 0.2) is 0 Å². The minimum Gasteiger partial charge on any atom is -0.370 e. The number of hydrogen-bond acceptors (Lipinski definition) is 15. The second-order valence-electron chi connectivity index (χ2n) is 19.3. The summed E-state index contributed by atoms with van der Waals surface area (Å²) in [5.41, 5.74) is 23.7. The van der Waals surface area contributed by atoms with Gasteiger partial charge in [0.1, 0.15) is 42.3 Å². The number of nitrogens with zero attached hydrogens (tertiary/aromatic N) is 2. The van der Waals surface area contributed by atoms with Gasteiger partial charge in [0.25, 0.3) is 0 Å². The van der Waals surface area contributed by atoms with Crippen molar-refractivity contribution in [1.29, 1.82) is 0 Å². The summed E-state index contributed by atoms with van der Waals surface area (Å²) in [7, 11) is 0. The molecule has 28 heteroatoms. The summed E-state index contributed by atoms with van der Waals surface area (Å²) < 4.78 is -0.923. The van der Waals surface area contributed by atoms with Gasteiger partial charge in [-0.15, -0.1) is 11.8 Å². The number of nitrogens with one attached hydrogen (secondary N) is 9. The van der Waals surface area contributed by atoms with Gasteiger partial charge in [-0.25, -0.2) is 4.98 Å². The van der Waals surface area contributed by atoms with Gasteiger partial charge in [-0.3, -0.25) is 52.7 Å². The van der Waals surface area contributed by atoms with Crippen LogP contribution < -0.4 is 60.2 Å². The number of aromatic amines is 2. The van der Waals surface area contributed by atoms with E-state index < -0.39 is 131 Å². The number of carbonyl (C=O) groups excluding carboxylic acids is 11. The number of para-hydroxylation sites is 1. The molecule has 2 aromatic heterocycles. The molecule has 416 valence electrons. The normalized spacial score (nSPS) is 16.7. The van der Waals surface area contributed by atoms with Gasteiger partial charge in [-0.05, 0) is 69.6 Å². The monoisotopic (exact) mass is 1100 g/mol. The third kappa shape index (κ3) is 18.3. The number of amides is 11. The van der Waals surface area contributed by atoms with E-state index in [9.17, 15) is 52.7 Å². The van der Waals surface area contributed by atoms with Crippen molar-refractivity contribution in [1.82, 2.24) is 57.1 Å². The third-order valence-electron chi connectivity index (χ3n) is 12.3. The first-order valence-electron chi connectivity index (χ1n) is 24.5. The van der Waals surface area contributed by atoms with Crippen molar-refractivity contribution in [2.75, 3.05) is 24.4 Å². The molecule has 1 fully saturated rings. The number of fused-ring (bicyclic) bond motifs is 1. The average Bonchev–Trinajstić information content (AvgIpc) is 4.10. The van der Waals surface area contributed by atoms with Crippen LogP contribution in [0.15, 0.2) is 43.0 Å². The van der Waals surface area contributed by atoms with E-state index >= 15 is 0 Å². The Hall–Kier alpha value is -7.20. The molecule has 3 aromatic rings. The first-order chi connectivity index (χ1) is 35.8. The van der Waals surface area contributed by atoms with Crippen molar-refractivity contribution >= 4 is 99.4 Å². The molecule has 1 aliphatic rings. The summed E-state index contributed by atoms with van der Waals surface area (Å²) in [6.07, 6.45) is 5.33. The zero-order valence-corrected chi connectivity index (χ0v) is 45.0. The van der Waals surface area contributed by atoms with Crippen molar-refractivity contribution in [3.63, 3.8) is 0 Å². The van der Waals surface area contributed by atoms with Gasteiger partial charge < -0.3 is 75.0 Å². The van der Waals surface area contributed by atoms with Crippen molar-refractivity contribution in [2.45, 2.75) is 133 Å². The van der Waals surface area contributed by atoms with Crippen LogP contribution >= 0.6 is 23.5 Å². The number of imidazole rings is 1. The number of carbonyl (C=O) groups is 11. The van der Waals surface area contributed by atoms with E-state index in [1.54, 1.807) is 44.3 Å². The Labute approximate surface area is 447 Å². The highest BCUT2D eigenvalue weighted by atomic mass is 32.2. The Bertz CT molecular complexity index is 2580. The maximum atomic E-state index is 14.3. The fourth-order valence-corrected chi connectivity index (χ4v) is 9.90. The number of primary amides is 3. The second-order valence-corrected chi connectivity index (χ2v) is 21.9. The molecule has 1 aliphatic heterocycles. The van der Waals surface area contributed by atoms with Crippen LogP contribution in [0.1, 0.15) is 78.0 Å². The second kappa shape index (κ2) is 28.6. The van der Waals surface area contributed by atoms with E-state index in [4.69, 9.17) is 22.9 Å². The molecule has 0 radical (unpaired) electrons. The number of rotatable bonds is 30. The minimum absolute atomic E-state index is 0.000263. The van der Waals surface area contributed by atoms with Crippen LogP contribution in [0, 0.1) is 5.92 Å². The number of H-pyrrole nitrogens is 2. The summed E-state index contributed by atoms with van der Waals surface area (Å²) in [5, 5.41) is 18.9. The largest absolute Gasteiger partial charge is 0.370 e. The van der Waals surface area contributed by atoms with Gasteiger partial charge in [0.05, 0.1) is 31.2 Å². The standard InChI is InChI=1S/C48H71N15O11S2/c1-24(2)15-33(44(71)59-31(40(52)67)13-14-75-6)61-45(72)35(17-27-20-53-22-56-27)58-38(66)21-55-46(73)39-48(4,5)76-23-63(39)47(74)25(3)57-43(70)34(16-26-19-54-30-10-8-7-9-28(26)30)62-42(69)32(11-12-36(50)64)60-41(68)29(49)18-37(51)65/h7-10,19-20,22,24-25,29,31-35,39,54H,11-18,21,23,49H2,1-6H3,(H2,50,64)(H2,51,65)(H2,52,67)(H,53,56)(H,55,73)(H,57,70)(H,58,66)(H,59,71)(H,60,68)(H,61,72)(H,62,69)/t25-,29+,31+,32-,33+,34+,35+,39?/m1/s1. The van der Waals surface area contributed by atoms with Crippen LogP contribution in [0.25, 0.3) is 10.9 Å². The Balaban J connectivity index is 1.50. The van der Waals surface area contributed by atoms with Crippen molar-refractivity contribution in [3.05, 3.63) is 54.2 Å². The van der Waals surface area contributed by atoms with Gasteiger partial charge in [-0.1, -0.05) is 32.0 Å². The molecular weight excluding hydrogens is 1030 g/mol. The minimum atomic E-state index is -1.46. The van der Waals surface area contributed by atoms with Crippen LogP contribution in [-0.4, -0.2) is 162 Å². The SMILES string of the molecule is CSCC[C@H](NC(=O)[C@H](CC(C)C)NC(=O)[C@H](Cc1cnc[nH]1)NC(=O)CNC(=O)C1N(C(=O)[C@@H](C)NC(=O)[C@H](Cc2c[nH]c3ccccc23)NC(=O)[C@@H](CCC(N)=O)NC(=O)[C@@H](N)CC(N)=O)CSC1(C)C)C(N)=O. The zero-order chi connectivity index (χ0) is 56.4. The first kappa shape index (κ1) is 61.3. The summed E-state index contributed by atoms with van der Waals surface area (Å²) in [5.74, 6) is -8.21. The van der Waals surface area contributed by atoms with Crippen LogP contribution in [0.2, 0.25) is 0 Å². The number of aromatic nitrogens is 3. The predicted octanol–water partition coefficient (Wildman–Crippen LogP) is -2.85. The molecular formula is C48H71N15O11S2. The lowest BCUT2D eigenvalue weighted by Crippen LogP contribution is -2.60. The maximum Gasteiger partial charge on any atom is 0.246 e. The molecule has 17 N–H and O–H groups in total. The van der Waals surface area contributed by atoms with Gasteiger partial charge >= 0.3 is 0 Å². The lowest BCUT2D eigenvalue weighted by molar-refractivity contribution is -0.142. The van der Waals surface area contributed by atoms with E-state index in [1.807, 2.05) is 20.1 Å². The molecule has 1 aromatic carbocycles. The van der Waals surface area contributed by atoms with E-state index in [2.05, 4.69) is 52.2 Å². The molecule has 0 spiro atoms. The first-order valence-corrected chi connectivity index (χ1v) is 26.9. The highest BCUT2D eigenvalue weighted by molar-refractivity contribution is 8.00. The molecule has 0 saturated carbocycles. The van der Waals surface area contributed by atoms with Crippen LogP contribution in [0.4, 0.5) is 0 Å². The Morgan fingerprint density at radius 3 is 2.03 bits per heavy atom. The lowest BCUT2D eigenvalue weighted by Gasteiger charge is -2.32. The molecule has 11 amide bonds. The van der Waals surface area contributed by atoms with E-state index in [0.717, 1.165) is 10.9 Å². The van der Waals surface area contributed by atoms with Crippen LogP contribution in [0.3, 0.4) is 0 Å². The van der Waals surface area contributed by atoms with E-state index in [-0.39, 0.29) is 50.3 Å². The van der Waals surface area contributed by atoms with Crippen molar-refractivity contribution in [2.24, 2.45) is 28.9 Å². The van der Waals surface area contributed by atoms with Crippen LogP contribution in [-0.2, 0) is 65.6 Å². The van der Waals surface area contributed by atoms with Crippen molar-refractivity contribution in [3.8, 4) is 0 Å². The van der Waals surface area contributed by atoms with Crippen molar-refractivity contribution < 1.29 is 52.7 Å². The quantitative estimate of drug-likeness (QED) is 0.0320. The summed E-state index contributed by atoms with van der Waals surface area (Å²) >= 11 is 2.73. The molecule has 0 bridgehead atoms. The molecule has 1 saturated heterocycles. The van der Waals surface area contributed by atoms with E-state index in [1.165, 1.54) is 47.9 Å². The summed E-state index contributed by atoms with van der Waals surface area (Å²) in [6, 6.07) is -2.99. The molecule has 3 heterocycles. The third-order valence-corrected chi connectivity index (χ3v) is 14.3. The van der Waals surface area contributed by atoms with E-state index in [0.29, 0.717) is 17.0 Å². The predicted molar refractivity (Wildman–Crippen MR) is 284 cm³/mol. The van der Waals surface area contributed by atoms with Crippen LogP contribution in [0.5, 0.6) is 0 Å². The zero-order valence-electron chi connectivity index (χ0n) is 43.3. The number of thioether (sulfide) groups is 2. The fourth-order valence-electron chi connectivity index (χ4n) is 8.29. The number of hydrogen-bond donors (Lipinski definition) is 13. The van der Waals surface area contributed by atoms with Gasteiger partial charge in [0.2, 0.25) is 65.0 Å².